The highest BCUT2D eigenvalue weighted by atomic mass is 16.5. The zero-order valence-electron chi connectivity index (χ0n) is 17.4. The molecule has 0 saturated heterocycles. The summed E-state index contributed by atoms with van der Waals surface area (Å²) in [6.07, 6.45) is 3.49. The smallest absolute Gasteiger partial charge is 0.342 e. The van der Waals surface area contributed by atoms with Crippen LogP contribution in [0.15, 0.2) is 85.3 Å². The first-order valence-electron chi connectivity index (χ1n) is 10.1. The van der Waals surface area contributed by atoms with E-state index in [1.165, 1.54) is 7.11 Å². The number of aromatic nitrogens is 4. The van der Waals surface area contributed by atoms with Gasteiger partial charge < -0.3 is 14.5 Å². The van der Waals surface area contributed by atoms with Crippen LogP contribution in [0.4, 0.5) is 0 Å². The SMILES string of the molecule is COC(=O)c1c(Oc2cccc(-c3ncn(Cc4ccccc4)n3)c2)ccc2[nH]ccc12. The van der Waals surface area contributed by atoms with Crippen LogP contribution in [0, 0.1) is 0 Å². The predicted molar refractivity (Wildman–Crippen MR) is 121 cm³/mol. The van der Waals surface area contributed by atoms with Gasteiger partial charge >= 0.3 is 5.97 Å². The summed E-state index contributed by atoms with van der Waals surface area (Å²) in [5.74, 6) is 1.13. The maximum atomic E-state index is 12.4. The van der Waals surface area contributed by atoms with Gasteiger partial charge in [-0.15, -0.1) is 0 Å². The van der Waals surface area contributed by atoms with Crippen molar-refractivity contribution in [3.8, 4) is 22.9 Å². The molecule has 7 nitrogen and oxygen atoms in total. The first-order valence-corrected chi connectivity index (χ1v) is 10.1. The number of aromatic amines is 1. The Morgan fingerprint density at radius 2 is 1.91 bits per heavy atom. The van der Waals surface area contributed by atoms with E-state index in [1.54, 1.807) is 23.3 Å². The van der Waals surface area contributed by atoms with Gasteiger partial charge in [-0.25, -0.2) is 14.5 Å². The molecule has 2 aromatic heterocycles. The molecule has 0 spiro atoms. The molecule has 0 saturated carbocycles. The molecule has 0 fully saturated rings. The number of esters is 1. The highest BCUT2D eigenvalue weighted by Gasteiger charge is 2.19. The van der Waals surface area contributed by atoms with Gasteiger partial charge in [-0.05, 0) is 35.9 Å². The summed E-state index contributed by atoms with van der Waals surface area (Å²) in [6, 6.07) is 23.0. The minimum Gasteiger partial charge on any atom is -0.465 e. The van der Waals surface area contributed by atoms with E-state index in [4.69, 9.17) is 9.47 Å². The number of fused-ring (bicyclic) bond motifs is 1. The van der Waals surface area contributed by atoms with E-state index < -0.39 is 5.97 Å². The van der Waals surface area contributed by atoms with Gasteiger partial charge in [0.2, 0.25) is 0 Å². The van der Waals surface area contributed by atoms with Crippen LogP contribution < -0.4 is 4.74 Å². The van der Waals surface area contributed by atoms with Gasteiger partial charge in [0.1, 0.15) is 23.4 Å². The molecule has 2 heterocycles. The lowest BCUT2D eigenvalue weighted by atomic mass is 10.1. The summed E-state index contributed by atoms with van der Waals surface area (Å²) in [4.78, 5) is 20.0. The Morgan fingerprint density at radius 1 is 1.03 bits per heavy atom. The summed E-state index contributed by atoms with van der Waals surface area (Å²) in [6.45, 7) is 0.642. The molecule has 1 N–H and O–H groups in total. The predicted octanol–water partition coefficient (Wildman–Crippen LogP) is 5.05. The van der Waals surface area contributed by atoms with E-state index in [1.807, 2.05) is 54.6 Å². The number of rotatable bonds is 6. The van der Waals surface area contributed by atoms with E-state index in [9.17, 15) is 4.79 Å². The first-order chi connectivity index (χ1) is 15.7. The fraction of sp³-hybridized carbons (Fsp3) is 0.0800. The van der Waals surface area contributed by atoms with Gasteiger partial charge in [-0.2, -0.15) is 5.10 Å². The van der Waals surface area contributed by atoms with E-state index in [0.29, 0.717) is 29.4 Å². The average Bonchev–Trinajstić information content (AvgIpc) is 3.49. The second-order valence-corrected chi connectivity index (χ2v) is 7.25. The summed E-state index contributed by atoms with van der Waals surface area (Å²) < 4.78 is 12.9. The summed E-state index contributed by atoms with van der Waals surface area (Å²) >= 11 is 0. The third kappa shape index (κ3) is 3.83. The van der Waals surface area contributed by atoms with Crippen molar-refractivity contribution < 1.29 is 14.3 Å². The lowest BCUT2D eigenvalue weighted by Crippen LogP contribution is -2.04. The number of carbonyl (C=O) groups excluding carboxylic acids is 1. The van der Waals surface area contributed by atoms with E-state index in [0.717, 1.165) is 22.0 Å². The van der Waals surface area contributed by atoms with Crippen molar-refractivity contribution in [1.29, 1.82) is 0 Å². The van der Waals surface area contributed by atoms with Crippen molar-refractivity contribution in [2.24, 2.45) is 0 Å². The van der Waals surface area contributed by atoms with E-state index in [2.05, 4.69) is 27.2 Å². The number of carbonyl (C=O) groups is 1. The maximum Gasteiger partial charge on any atom is 0.342 e. The molecule has 0 atom stereocenters. The van der Waals surface area contributed by atoms with Crippen molar-refractivity contribution in [3.05, 3.63) is 96.4 Å². The Hall–Kier alpha value is -4.39. The van der Waals surface area contributed by atoms with Gasteiger partial charge in [0.05, 0.1) is 13.7 Å². The minimum absolute atomic E-state index is 0.377. The molecule has 0 amide bonds. The summed E-state index contributed by atoms with van der Waals surface area (Å²) in [5.41, 5.74) is 3.18. The van der Waals surface area contributed by atoms with Crippen molar-refractivity contribution >= 4 is 16.9 Å². The standard InChI is InChI=1S/C25H20N4O3/c1-31-25(30)23-20-12-13-26-21(20)10-11-22(23)32-19-9-5-8-18(14-19)24-27-16-29(28-24)15-17-6-3-2-4-7-17/h2-14,16,26H,15H2,1H3. The topological polar surface area (TPSA) is 82.0 Å². The molecule has 0 radical (unpaired) electrons. The molecule has 158 valence electrons. The van der Waals surface area contributed by atoms with Crippen molar-refractivity contribution in [1.82, 2.24) is 19.7 Å². The van der Waals surface area contributed by atoms with Crippen LogP contribution in [0.1, 0.15) is 15.9 Å². The quantitative estimate of drug-likeness (QED) is 0.386. The second kappa shape index (κ2) is 8.39. The molecule has 5 aromatic rings. The number of hydrogen-bond donors (Lipinski definition) is 1. The molecule has 3 aromatic carbocycles. The van der Waals surface area contributed by atoms with Crippen LogP contribution in [0.5, 0.6) is 11.5 Å². The Bertz CT molecular complexity index is 1390. The molecular formula is C25H20N4O3. The summed E-state index contributed by atoms with van der Waals surface area (Å²) in [7, 11) is 1.36. The van der Waals surface area contributed by atoms with Crippen molar-refractivity contribution in [3.63, 3.8) is 0 Å². The van der Waals surface area contributed by atoms with Crippen LogP contribution >= 0.6 is 0 Å². The number of nitrogens with zero attached hydrogens (tertiary/aromatic N) is 3. The van der Waals surface area contributed by atoms with E-state index in [-0.39, 0.29) is 0 Å². The maximum absolute atomic E-state index is 12.4. The van der Waals surface area contributed by atoms with E-state index >= 15 is 0 Å². The molecule has 7 heteroatoms. The van der Waals surface area contributed by atoms with Crippen LogP contribution in [-0.4, -0.2) is 32.8 Å². The van der Waals surface area contributed by atoms with Crippen LogP contribution in [0.2, 0.25) is 0 Å². The van der Waals surface area contributed by atoms with Crippen molar-refractivity contribution in [2.45, 2.75) is 6.54 Å². The fourth-order valence-corrected chi connectivity index (χ4v) is 3.61. The average molecular weight is 424 g/mol. The molecule has 0 unspecified atom stereocenters. The zero-order valence-corrected chi connectivity index (χ0v) is 17.4. The monoisotopic (exact) mass is 424 g/mol. The number of H-pyrrole nitrogens is 1. The molecular weight excluding hydrogens is 404 g/mol. The van der Waals surface area contributed by atoms with Gasteiger partial charge in [-0.1, -0.05) is 42.5 Å². The number of ether oxygens (including phenoxy) is 2. The number of hydrogen-bond acceptors (Lipinski definition) is 5. The third-order valence-electron chi connectivity index (χ3n) is 5.13. The Morgan fingerprint density at radius 3 is 2.75 bits per heavy atom. The molecule has 32 heavy (non-hydrogen) atoms. The number of nitrogens with one attached hydrogen (secondary N) is 1. The largest absolute Gasteiger partial charge is 0.465 e. The normalized spacial score (nSPS) is 10.9. The summed E-state index contributed by atoms with van der Waals surface area (Å²) in [5, 5.41) is 5.33. The number of methoxy groups -OCH3 is 1. The van der Waals surface area contributed by atoms with Gasteiger partial charge in [0.15, 0.2) is 5.82 Å². The van der Waals surface area contributed by atoms with Gasteiger partial charge in [0, 0.05) is 22.7 Å². The molecule has 0 aliphatic rings. The second-order valence-electron chi connectivity index (χ2n) is 7.25. The third-order valence-corrected chi connectivity index (χ3v) is 5.13. The number of benzene rings is 3. The van der Waals surface area contributed by atoms with Crippen LogP contribution in [0.3, 0.4) is 0 Å². The van der Waals surface area contributed by atoms with Gasteiger partial charge in [0.25, 0.3) is 0 Å². The highest BCUT2D eigenvalue weighted by Crippen LogP contribution is 2.33. The van der Waals surface area contributed by atoms with Crippen LogP contribution in [0.25, 0.3) is 22.3 Å². The minimum atomic E-state index is -0.456. The van der Waals surface area contributed by atoms with Gasteiger partial charge in [-0.3, -0.25) is 0 Å². The molecule has 0 bridgehead atoms. The molecule has 0 aliphatic carbocycles. The fourth-order valence-electron chi connectivity index (χ4n) is 3.61. The Kier molecular flexibility index (Phi) is 5.13. The zero-order chi connectivity index (χ0) is 21.9. The first kappa shape index (κ1) is 19.6. The van der Waals surface area contributed by atoms with Crippen LogP contribution in [-0.2, 0) is 11.3 Å². The lowest BCUT2D eigenvalue weighted by Gasteiger charge is -2.11. The Labute approximate surface area is 184 Å². The molecule has 0 aliphatic heterocycles. The van der Waals surface area contributed by atoms with Crippen molar-refractivity contribution in [2.75, 3.05) is 7.11 Å². The highest BCUT2D eigenvalue weighted by molar-refractivity contribution is 6.06. The molecule has 5 rings (SSSR count). The Balaban J connectivity index is 1.43. The lowest BCUT2D eigenvalue weighted by molar-refractivity contribution is 0.0600.